The summed E-state index contributed by atoms with van der Waals surface area (Å²) in [6.07, 6.45) is 1.55. The van der Waals surface area contributed by atoms with E-state index in [9.17, 15) is 13.2 Å². The monoisotopic (exact) mass is 335 g/mol. The highest BCUT2D eigenvalue weighted by molar-refractivity contribution is 9.10. The molecule has 0 radical (unpaired) electrons. The van der Waals surface area contributed by atoms with E-state index >= 15 is 0 Å². The molecule has 1 aromatic rings. The third-order valence-corrected chi connectivity index (χ3v) is 4.09. The second-order valence-electron chi connectivity index (χ2n) is 5.07. The van der Waals surface area contributed by atoms with Crippen LogP contribution in [0.25, 0.3) is 0 Å². The molecule has 5 heteroatoms. The van der Waals surface area contributed by atoms with Crippen LogP contribution in [0.5, 0.6) is 0 Å². The normalized spacial score (nSPS) is 17.5. The van der Waals surface area contributed by atoms with Crippen molar-refractivity contribution in [3.63, 3.8) is 0 Å². The lowest BCUT2D eigenvalue weighted by molar-refractivity contribution is -0.137. The number of alkyl halides is 3. The maximum absolute atomic E-state index is 12.9. The van der Waals surface area contributed by atoms with E-state index in [2.05, 4.69) is 21.2 Å². The van der Waals surface area contributed by atoms with Gasteiger partial charge in [0, 0.05) is 16.7 Å². The maximum atomic E-state index is 12.9. The first kappa shape index (κ1) is 14.7. The largest absolute Gasteiger partial charge is 0.418 e. The van der Waals surface area contributed by atoms with E-state index in [1.807, 2.05) is 0 Å². The lowest BCUT2D eigenvalue weighted by Gasteiger charge is -2.23. The zero-order chi connectivity index (χ0) is 13.9. The van der Waals surface area contributed by atoms with Crippen molar-refractivity contribution >= 4 is 21.6 Å². The van der Waals surface area contributed by atoms with Crippen LogP contribution in [0, 0.1) is 5.92 Å². The molecule has 1 saturated carbocycles. The van der Waals surface area contributed by atoms with Gasteiger partial charge >= 0.3 is 6.18 Å². The minimum Gasteiger partial charge on any atom is -0.384 e. The fourth-order valence-electron chi connectivity index (χ4n) is 2.56. The van der Waals surface area contributed by atoms with Crippen molar-refractivity contribution in [3.8, 4) is 0 Å². The molecular formula is C14H17BrF3N. The fourth-order valence-corrected chi connectivity index (χ4v) is 2.92. The van der Waals surface area contributed by atoms with E-state index < -0.39 is 11.7 Å². The Hall–Kier alpha value is -0.710. The summed E-state index contributed by atoms with van der Waals surface area (Å²) >= 11 is 3.22. The summed E-state index contributed by atoms with van der Waals surface area (Å²) in [7, 11) is 0. The molecule has 106 valence electrons. The molecule has 0 saturated heterocycles. The standard InChI is InChI=1S/C14H17BrF3N/c15-11-6-7-12(14(16,17)18)13(8-11)19-9-10-4-2-1-3-5-10/h6-8,10,19H,1-5,9H2. The predicted molar refractivity (Wildman–Crippen MR) is 74.2 cm³/mol. The Labute approximate surface area is 119 Å². The molecule has 0 aromatic heterocycles. The van der Waals surface area contributed by atoms with Gasteiger partial charge in [-0.2, -0.15) is 13.2 Å². The van der Waals surface area contributed by atoms with Crippen molar-refractivity contribution in [2.45, 2.75) is 38.3 Å². The van der Waals surface area contributed by atoms with Gasteiger partial charge in [-0.1, -0.05) is 35.2 Å². The van der Waals surface area contributed by atoms with E-state index in [0.717, 1.165) is 18.9 Å². The van der Waals surface area contributed by atoms with Gasteiger partial charge in [0.2, 0.25) is 0 Å². The molecular weight excluding hydrogens is 319 g/mol. The van der Waals surface area contributed by atoms with Crippen LogP contribution in [-0.4, -0.2) is 6.54 Å². The van der Waals surface area contributed by atoms with Gasteiger partial charge in [-0.05, 0) is 37.0 Å². The van der Waals surface area contributed by atoms with Gasteiger partial charge in [-0.3, -0.25) is 0 Å². The molecule has 1 fully saturated rings. The van der Waals surface area contributed by atoms with Crippen LogP contribution in [-0.2, 0) is 6.18 Å². The van der Waals surface area contributed by atoms with Crippen LogP contribution in [0.1, 0.15) is 37.7 Å². The number of hydrogen-bond acceptors (Lipinski definition) is 1. The number of anilines is 1. The van der Waals surface area contributed by atoms with Gasteiger partial charge < -0.3 is 5.32 Å². The summed E-state index contributed by atoms with van der Waals surface area (Å²) in [5, 5.41) is 2.98. The maximum Gasteiger partial charge on any atom is 0.418 e. The van der Waals surface area contributed by atoms with Gasteiger partial charge in [-0.15, -0.1) is 0 Å². The van der Waals surface area contributed by atoms with Crippen molar-refractivity contribution in [2.24, 2.45) is 5.92 Å². The van der Waals surface area contributed by atoms with Crippen LogP contribution in [0.2, 0.25) is 0 Å². The molecule has 0 atom stereocenters. The molecule has 0 heterocycles. The predicted octanol–water partition coefficient (Wildman–Crippen LogP) is 5.46. The van der Waals surface area contributed by atoms with Gasteiger partial charge in [0.15, 0.2) is 0 Å². The van der Waals surface area contributed by atoms with E-state index in [1.54, 1.807) is 0 Å². The van der Waals surface area contributed by atoms with E-state index in [0.29, 0.717) is 16.9 Å². The number of halogens is 4. The number of nitrogens with one attached hydrogen (secondary N) is 1. The Bertz CT molecular complexity index is 425. The summed E-state index contributed by atoms with van der Waals surface area (Å²) in [5.74, 6) is 0.494. The first-order valence-corrected chi connectivity index (χ1v) is 7.37. The summed E-state index contributed by atoms with van der Waals surface area (Å²) in [4.78, 5) is 0. The third-order valence-electron chi connectivity index (χ3n) is 3.59. The van der Waals surface area contributed by atoms with Gasteiger partial charge in [0.25, 0.3) is 0 Å². The second-order valence-corrected chi connectivity index (χ2v) is 5.99. The molecule has 0 spiro atoms. The second kappa shape index (κ2) is 6.16. The van der Waals surface area contributed by atoms with Crippen LogP contribution < -0.4 is 5.32 Å². The SMILES string of the molecule is FC(F)(F)c1ccc(Br)cc1NCC1CCCCC1. The zero-order valence-corrected chi connectivity index (χ0v) is 12.1. The van der Waals surface area contributed by atoms with Crippen molar-refractivity contribution in [3.05, 3.63) is 28.2 Å². The first-order chi connectivity index (χ1) is 8.97. The van der Waals surface area contributed by atoms with E-state index in [-0.39, 0.29) is 5.69 Å². The molecule has 0 bridgehead atoms. The molecule has 1 N–H and O–H groups in total. The number of hydrogen-bond donors (Lipinski definition) is 1. The Balaban J connectivity index is 2.07. The smallest absolute Gasteiger partial charge is 0.384 e. The fraction of sp³-hybridized carbons (Fsp3) is 0.571. The quantitative estimate of drug-likeness (QED) is 0.773. The number of rotatable bonds is 3. The Morgan fingerprint density at radius 2 is 1.84 bits per heavy atom. The van der Waals surface area contributed by atoms with Crippen LogP contribution in [0.4, 0.5) is 18.9 Å². The highest BCUT2D eigenvalue weighted by Gasteiger charge is 2.33. The summed E-state index contributed by atoms with van der Waals surface area (Å²) < 4.78 is 39.3. The Kier molecular flexibility index (Phi) is 4.76. The molecule has 2 rings (SSSR count). The lowest BCUT2D eigenvalue weighted by atomic mass is 9.89. The van der Waals surface area contributed by atoms with Crippen molar-refractivity contribution in [2.75, 3.05) is 11.9 Å². The molecule has 0 amide bonds. The average Bonchev–Trinajstić information content (AvgIpc) is 2.36. The molecule has 1 aliphatic rings. The first-order valence-electron chi connectivity index (χ1n) is 6.57. The third kappa shape index (κ3) is 4.13. The van der Waals surface area contributed by atoms with E-state index in [1.165, 1.54) is 31.4 Å². The molecule has 0 unspecified atom stereocenters. The van der Waals surface area contributed by atoms with Gasteiger partial charge in [-0.25, -0.2) is 0 Å². The Morgan fingerprint density at radius 1 is 1.16 bits per heavy atom. The summed E-state index contributed by atoms with van der Waals surface area (Å²) in [6, 6.07) is 4.05. The van der Waals surface area contributed by atoms with E-state index in [4.69, 9.17) is 0 Å². The van der Waals surface area contributed by atoms with Crippen molar-refractivity contribution in [1.82, 2.24) is 0 Å². The zero-order valence-electron chi connectivity index (χ0n) is 10.6. The topological polar surface area (TPSA) is 12.0 Å². The lowest BCUT2D eigenvalue weighted by Crippen LogP contribution is -2.19. The molecule has 0 aliphatic heterocycles. The molecule has 1 aromatic carbocycles. The Morgan fingerprint density at radius 3 is 2.47 bits per heavy atom. The minimum atomic E-state index is -4.31. The minimum absolute atomic E-state index is 0.174. The van der Waals surface area contributed by atoms with Crippen molar-refractivity contribution in [1.29, 1.82) is 0 Å². The van der Waals surface area contributed by atoms with Crippen molar-refractivity contribution < 1.29 is 13.2 Å². The van der Waals surface area contributed by atoms with Crippen LogP contribution >= 0.6 is 15.9 Å². The summed E-state index contributed by atoms with van der Waals surface area (Å²) in [5.41, 5.74) is -0.418. The molecule has 1 nitrogen and oxygen atoms in total. The van der Waals surface area contributed by atoms with Crippen LogP contribution in [0.3, 0.4) is 0 Å². The highest BCUT2D eigenvalue weighted by atomic mass is 79.9. The van der Waals surface area contributed by atoms with Gasteiger partial charge in [0.1, 0.15) is 0 Å². The van der Waals surface area contributed by atoms with Gasteiger partial charge in [0.05, 0.1) is 5.56 Å². The number of benzene rings is 1. The summed E-state index contributed by atoms with van der Waals surface area (Å²) in [6.45, 7) is 0.625. The average molecular weight is 336 g/mol. The van der Waals surface area contributed by atoms with Crippen LogP contribution in [0.15, 0.2) is 22.7 Å². The molecule has 1 aliphatic carbocycles. The molecule has 19 heavy (non-hydrogen) atoms. The highest BCUT2D eigenvalue weighted by Crippen LogP contribution is 2.36.